The lowest BCUT2D eigenvalue weighted by molar-refractivity contribution is 0.452. The van der Waals surface area contributed by atoms with Gasteiger partial charge in [0.1, 0.15) is 5.75 Å². The van der Waals surface area contributed by atoms with Crippen LogP contribution in [-0.4, -0.2) is 15.1 Å². The van der Waals surface area contributed by atoms with E-state index in [9.17, 15) is 5.11 Å². The molecular formula is C21H24N2O. The molecule has 1 heterocycles. The zero-order chi connectivity index (χ0) is 16.7. The maximum Gasteiger partial charge on any atom is 0.124 e. The average Bonchev–Trinajstić information content (AvgIpc) is 2.60. The van der Waals surface area contributed by atoms with Crippen molar-refractivity contribution in [2.45, 2.75) is 52.4 Å². The molecular weight excluding hydrogens is 296 g/mol. The van der Waals surface area contributed by atoms with Crippen molar-refractivity contribution < 1.29 is 5.11 Å². The summed E-state index contributed by atoms with van der Waals surface area (Å²) >= 11 is 0. The van der Waals surface area contributed by atoms with E-state index in [4.69, 9.17) is 9.97 Å². The van der Waals surface area contributed by atoms with Gasteiger partial charge < -0.3 is 5.11 Å². The number of aryl methyl sites for hydroxylation is 2. The highest BCUT2D eigenvalue weighted by Crippen LogP contribution is 2.39. The maximum absolute atomic E-state index is 10.9. The van der Waals surface area contributed by atoms with Crippen LogP contribution in [0.25, 0.3) is 22.1 Å². The maximum atomic E-state index is 10.9. The Balaban J connectivity index is 2.03. The Bertz CT molecular complexity index is 915. The molecule has 1 N–H and O–H groups in total. The molecule has 0 fully saturated rings. The van der Waals surface area contributed by atoms with Gasteiger partial charge in [-0.15, -0.1) is 0 Å². The van der Waals surface area contributed by atoms with Crippen molar-refractivity contribution in [3.63, 3.8) is 0 Å². The molecule has 3 nitrogen and oxygen atoms in total. The van der Waals surface area contributed by atoms with Crippen LogP contribution < -0.4 is 0 Å². The lowest BCUT2D eigenvalue weighted by atomic mass is 9.86. The van der Waals surface area contributed by atoms with E-state index in [1.165, 1.54) is 12.0 Å². The number of nitrogens with zero attached hydrogens (tertiary/aromatic N) is 2. The molecule has 0 saturated carbocycles. The SMILES string of the molecule is CC(C)CCc1c(O)c2c(c3nc4ccccc4nc13)CCCC2. The van der Waals surface area contributed by atoms with Crippen molar-refractivity contribution in [3.8, 4) is 5.75 Å². The summed E-state index contributed by atoms with van der Waals surface area (Å²) in [5.41, 5.74) is 7.12. The molecule has 4 rings (SSSR count). The number of hydrogen-bond donors (Lipinski definition) is 1. The van der Waals surface area contributed by atoms with E-state index in [0.29, 0.717) is 11.7 Å². The second kappa shape index (κ2) is 6.04. The van der Waals surface area contributed by atoms with E-state index in [0.717, 1.165) is 65.3 Å². The second-order valence-corrected chi connectivity index (χ2v) is 7.33. The summed E-state index contributed by atoms with van der Waals surface area (Å²) < 4.78 is 0. The molecule has 0 amide bonds. The smallest absolute Gasteiger partial charge is 0.124 e. The quantitative estimate of drug-likeness (QED) is 0.694. The standard InChI is InChI=1S/C21H24N2O/c1-13(2)11-12-16-20-19(14-7-3-4-8-15(14)21(16)24)22-17-9-5-6-10-18(17)23-20/h5-6,9-10,13,24H,3-4,7-8,11-12H2,1-2H3. The zero-order valence-electron chi connectivity index (χ0n) is 14.5. The van der Waals surface area contributed by atoms with Crippen LogP contribution in [0.1, 0.15) is 49.8 Å². The van der Waals surface area contributed by atoms with Crippen LogP contribution in [0.2, 0.25) is 0 Å². The molecule has 0 bridgehead atoms. The first kappa shape index (κ1) is 15.4. The Kier molecular flexibility index (Phi) is 3.87. The molecule has 1 aromatic heterocycles. The summed E-state index contributed by atoms with van der Waals surface area (Å²) in [6, 6.07) is 8.03. The number of hydrogen-bond acceptors (Lipinski definition) is 3. The van der Waals surface area contributed by atoms with Gasteiger partial charge in [-0.05, 0) is 67.7 Å². The minimum Gasteiger partial charge on any atom is -0.507 e. The van der Waals surface area contributed by atoms with Gasteiger partial charge in [-0.3, -0.25) is 0 Å². The molecule has 0 unspecified atom stereocenters. The number of aromatic nitrogens is 2. The van der Waals surface area contributed by atoms with E-state index in [-0.39, 0.29) is 0 Å². The predicted octanol–water partition coefficient (Wildman–Crippen LogP) is 4.96. The fourth-order valence-electron chi connectivity index (χ4n) is 3.81. The summed E-state index contributed by atoms with van der Waals surface area (Å²) in [5.74, 6) is 1.09. The molecule has 0 radical (unpaired) electrons. The van der Waals surface area contributed by atoms with E-state index in [1.54, 1.807) is 0 Å². The van der Waals surface area contributed by atoms with Gasteiger partial charge in [-0.25, -0.2) is 9.97 Å². The molecule has 124 valence electrons. The van der Waals surface area contributed by atoms with Crippen molar-refractivity contribution >= 4 is 22.1 Å². The Morgan fingerprint density at radius 1 is 0.958 bits per heavy atom. The first-order valence-electron chi connectivity index (χ1n) is 9.07. The van der Waals surface area contributed by atoms with E-state index in [1.807, 2.05) is 24.3 Å². The summed E-state index contributed by atoms with van der Waals surface area (Å²) in [6.07, 6.45) is 6.19. The number of phenolic OH excluding ortho intramolecular Hbond substituents is 1. The van der Waals surface area contributed by atoms with Gasteiger partial charge >= 0.3 is 0 Å². The third-order valence-electron chi connectivity index (χ3n) is 5.15. The number of fused-ring (bicyclic) bond motifs is 4. The first-order chi connectivity index (χ1) is 11.6. The zero-order valence-corrected chi connectivity index (χ0v) is 14.5. The summed E-state index contributed by atoms with van der Waals surface area (Å²) in [7, 11) is 0. The summed E-state index contributed by atoms with van der Waals surface area (Å²) in [4.78, 5) is 9.85. The molecule has 0 saturated heterocycles. The van der Waals surface area contributed by atoms with Crippen LogP contribution in [0.3, 0.4) is 0 Å². The fourth-order valence-corrected chi connectivity index (χ4v) is 3.81. The lowest BCUT2D eigenvalue weighted by Crippen LogP contribution is -2.09. The topological polar surface area (TPSA) is 46.0 Å². The van der Waals surface area contributed by atoms with Gasteiger partial charge in [0.15, 0.2) is 0 Å². The van der Waals surface area contributed by atoms with Gasteiger partial charge in [-0.2, -0.15) is 0 Å². The number of rotatable bonds is 3. The second-order valence-electron chi connectivity index (χ2n) is 7.33. The summed E-state index contributed by atoms with van der Waals surface area (Å²) in [6.45, 7) is 4.44. The molecule has 0 spiro atoms. The molecule has 0 atom stereocenters. The van der Waals surface area contributed by atoms with Crippen LogP contribution in [-0.2, 0) is 19.3 Å². The third kappa shape index (κ3) is 2.52. The third-order valence-corrected chi connectivity index (χ3v) is 5.15. The van der Waals surface area contributed by atoms with Gasteiger partial charge in [0.05, 0.1) is 22.1 Å². The van der Waals surface area contributed by atoms with Crippen molar-refractivity contribution in [2.24, 2.45) is 5.92 Å². The number of phenols is 1. The average molecular weight is 320 g/mol. The molecule has 3 heteroatoms. The highest BCUT2D eigenvalue weighted by atomic mass is 16.3. The number of benzene rings is 2. The van der Waals surface area contributed by atoms with Gasteiger partial charge in [-0.1, -0.05) is 26.0 Å². The monoisotopic (exact) mass is 320 g/mol. The number of aromatic hydroxyl groups is 1. The molecule has 1 aliphatic rings. The largest absolute Gasteiger partial charge is 0.507 e. The van der Waals surface area contributed by atoms with Crippen LogP contribution in [0.4, 0.5) is 0 Å². The van der Waals surface area contributed by atoms with Crippen molar-refractivity contribution in [3.05, 3.63) is 41.0 Å². The molecule has 3 aromatic rings. The van der Waals surface area contributed by atoms with Gasteiger partial charge in [0, 0.05) is 5.56 Å². The minimum atomic E-state index is 0.488. The highest BCUT2D eigenvalue weighted by molar-refractivity contribution is 5.92. The van der Waals surface area contributed by atoms with Crippen LogP contribution in [0, 0.1) is 5.92 Å². The predicted molar refractivity (Wildman–Crippen MR) is 98.5 cm³/mol. The molecule has 2 aromatic carbocycles. The van der Waals surface area contributed by atoms with Crippen LogP contribution >= 0.6 is 0 Å². The van der Waals surface area contributed by atoms with E-state index >= 15 is 0 Å². The fraction of sp³-hybridized carbons (Fsp3) is 0.429. The Morgan fingerprint density at radius 2 is 1.58 bits per heavy atom. The molecule has 24 heavy (non-hydrogen) atoms. The van der Waals surface area contributed by atoms with E-state index < -0.39 is 0 Å². The Morgan fingerprint density at radius 3 is 2.25 bits per heavy atom. The normalized spacial score (nSPS) is 14.5. The molecule has 0 aliphatic heterocycles. The summed E-state index contributed by atoms with van der Waals surface area (Å²) in [5, 5.41) is 10.9. The Labute approximate surface area is 142 Å². The van der Waals surface area contributed by atoms with Gasteiger partial charge in [0.25, 0.3) is 0 Å². The Hall–Kier alpha value is -2.16. The number of para-hydroxylation sites is 2. The lowest BCUT2D eigenvalue weighted by Gasteiger charge is -2.22. The van der Waals surface area contributed by atoms with E-state index in [2.05, 4.69) is 13.8 Å². The van der Waals surface area contributed by atoms with Crippen molar-refractivity contribution in [1.82, 2.24) is 9.97 Å². The van der Waals surface area contributed by atoms with Crippen molar-refractivity contribution in [2.75, 3.05) is 0 Å². The van der Waals surface area contributed by atoms with Crippen molar-refractivity contribution in [1.29, 1.82) is 0 Å². The minimum absolute atomic E-state index is 0.488. The van der Waals surface area contributed by atoms with Gasteiger partial charge in [0.2, 0.25) is 0 Å². The molecule has 1 aliphatic carbocycles. The first-order valence-corrected chi connectivity index (χ1v) is 9.07. The van der Waals surface area contributed by atoms with Crippen LogP contribution in [0.15, 0.2) is 24.3 Å². The highest BCUT2D eigenvalue weighted by Gasteiger charge is 2.23. The van der Waals surface area contributed by atoms with Crippen LogP contribution in [0.5, 0.6) is 5.75 Å².